The van der Waals surface area contributed by atoms with Crippen LogP contribution in [-0.2, 0) is 0 Å². The summed E-state index contributed by atoms with van der Waals surface area (Å²) in [6.45, 7) is 2.01. The molecule has 0 aliphatic rings. The fourth-order valence-corrected chi connectivity index (χ4v) is 2.48. The summed E-state index contributed by atoms with van der Waals surface area (Å²) in [6, 6.07) is 17.5. The number of benzene rings is 2. The second-order valence-electron chi connectivity index (χ2n) is 5.21. The van der Waals surface area contributed by atoms with Crippen LogP contribution in [-0.4, -0.2) is 9.97 Å². The van der Waals surface area contributed by atoms with Crippen molar-refractivity contribution in [3.8, 4) is 11.1 Å². The first-order chi connectivity index (χ1) is 11.7. The van der Waals surface area contributed by atoms with E-state index in [1.165, 1.54) is 0 Å². The van der Waals surface area contributed by atoms with Crippen molar-refractivity contribution in [2.24, 2.45) is 11.7 Å². The van der Waals surface area contributed by atoms with Gasteiger partial charge in [0.25, 0.3) is 0 Å². The number of nitrogens with two attached hydrogens (primary N) is 2. The summed E-state index contributed by atoms with van der Waals surface area (Å²) < 4.78 is 0. The van der Waals surface area contributed by atoms with Crippen LogP contribution in [0.1, 0.15) is 5.56 Å². The predicted octanol–water partition coefficient (Wildman–Crippen LogP) is 2.77. The van der Waals surface area contributed by atoms with Gasteiger partial charge < -0.3 is 16.2 Å². The van der Waals surface area contributed by atoms with Gasteiger partial charge >= 0.3 is 0 Å². The van der Waals surface area contributed by atoms with Gasteiger partial charge in [-0.2, -0.15) is 9.97 Å². The maximum Gasteiger partial charge on any atom is 0.231 e. The summed E-state index contributed by atoms with van der Waals surface area (Å²) >= 11 is 0. The molecule has 0 atom stereocenters. The molecule has 3 aromatic rings. The Hall–Kier alpha value is -3.16. The van der Waals surface area contributed by atoms with Crippen molar-refractivity contribution in [3.05, 3.63) is 60.2 Å². The number of aryl methyl sites for hydroxylation is 1. The van der Waals surface area contributed by atoms with Crippen molar-refractivity contribution in [3.63, 3.8) is 0 Å². The summed E-state index contributed by atoms with van der Waals surface area (Å²) in [5.41, 5.74) is 8.87. The summed E-state index contributed by atoms with van der Waals surface area (Å²) in [5, 5.41) is 3.13. The molecular weight excluding hydrogens is 302 g/mol. The molecule has 0 unspecified atom stereocenters. The minimum absolute atomic E-state index is 0.388. The van der Waals surface area contributed by atoms with Gasteiger partial charge in [-0.3, -0.25) is 0 Å². The van der Waals surface area contributed by atoms with Crippen LogP contribution in [0, 0.1) is 6.92 Å². The van der Waals surface area contributed by atoms with Gasteiger partial charge in [0.15, 0.2) is 11.6 Å². The van der Waals surface area contributed by atoms with Crippen LogP contribution in [0.4, 0.5) is 23.3 Å². The standard InChI is InChI=1S/C17H19N7/c1-11-7-5-6-10-13(11)14-15(23-18)21-17(22-16(14)24-19)20-12-8-3-2-4-9-12/h2-10H,18-19H2,1H3,(H3,20,21,22,23,24). The zero-order valence-electron chi connectivity index (χ0n) is 13.2. The van der Waals surface area contributed by atoms with E-state index < -0.39 is 0 Å². The molecule has 0 radical (unpaired) electrons. The van der Waals surface area contributed by atoms with E-state index in [0.717, 1.165) is 22.4 Å². The highest BCUT2D eigenvalue weighted by molar-refractivity contribution is 5.87. The Kier molecular flexibility index (Phi) is 4.55. The number of aromatic nitrogens is 2. The lowest BCUT2D eigenvalue weighted by Crippen LogP contribution is -2.17. The Morgan fingerprint density at radius 1 is 0.792 bits per heavy atom. The molecule has 0 saturated carbocycles. The topological polar surface area (TPSA) is 114 Å². The van der Waals surface area contributed by atoms with Crippen molar-refractivity contribution < 1.29 is 0 Å². The highest BCUT2D eigenvalue weighted by Gasteiger charge is 2.17. The largest absolute Gasteiger partial charge is 0.324 e. The number of nitrogen functional groups attached to an aromatic ring is 2. The van der Waals surface area contributed by atoms with Gasteiger partial charge in [-0.25, -0.2) is 11.7 Å². The maximum absolute atomic E-state index is 5.69. The highest BCUT2D eigenvalue weighted by Crippen LogP contribution is 2.35. The first-order valence-corrected chi connectivity index (χ1v) is 7.46. The summed E-state index contributed by atoms with van der Waals surface area (Å²) in [5.74, 6) is 12.7. The van der Waals surface area contributed by atoms with Crippen LogP contribution in [0.15, 0.2) is 54.6 Å². The number of hydrazine groups is 2. The molecule has 0 fully saturated rings. The van der Waals surface area contributed by atoms with Gasteiger partial charge in [-0.1, -0.05) is 42.5 Å². The molecule has 2 aromatic carbocycles. The lowest BCUT2D eigenvalue weighted by molar-refractivity contribution is 1.12. The number of nitrogens with one attached hydrogen (secondary N) is 3. The molecule has 24 heavy (non-hydrogen) atoms. The molecule has 7 N–H and O–H groups in total. The Balaban J connectivity index is 2.09. The zero-order chi connectivity index (χ0) is 16.9. The van der Waals surface area contributed by atoms with Crippen molar-refractivity contribution in [1.82, 2.24) is 9.97 Å². The second-order valence-corrected chi connectivity index (χ2v) is 5.21. The molecule has 0 aliphatic carbocycles. The highest BCUT2D eigenvalue weighted by atomic mass is 15.3. The quantitative estimate of drug-likeness (QED) is 0.362. The minimum atomic E-state index is 0.388. The summed E-state index contributed by atoms with van der Waals surface area (Å²) in [4.78, 5) is 8.92. The number of anilines is 4. The monoisotopic (exact) mass is 321 g/mol. The third kappa shape index (κ3) is 3.12. The molecule has 0 bridgehead atoms. The van der Waals surface area contributed by atoms with Crippen LogP contribution in [0.25, 0.3) is 11.1 Å². The Labute approximate surface area is 140 Å². The zero-order valence-corrected chi connectivity index (χ0v) is 13.2. The molecule has 122 valence electrons. The lowest BCUT2D eigenvalue weighted by Gasteiger charge is -2.16. The van der Waals surface area contributed by atoms with E-state index in [-0.39, 0.29) is 0 Å². The van der Waals surface area contributed by atoms with E-state index in [4.69, 9.17) is 11.7 Å². The Morgan fingerprint density at radius 3 is 1.96 bits per heavy atom. The van der Waals surface area contributed by atoms with Gasteiger partial charge in [0.2, 0.25) is 5.95 Å². The average Bonchev–Trinajstić information content (AvgIpc) is 2.62. The normalized spacial score (nSPS) is 10.3. The van der Waals surface area contributed by atoms with Crippen molar-refractivity contribution in [1.29, 1.82) is 0 Å². The molecule has 7 nitrogen and oxygen atoms in total. The molecule has 0 spiro atoms. The summed E-state index contributed by atoms with van der Waals surface area (Å²) in [6.07, 6.45) is 0. The number of rotatable bonds is 5. The third-order valence-corrected chi connectivity index (χ3v) is 3.63. The number of hydrogen-bond donors (Lipinski definition) is 5. The Bertz CT molecular complexity index is 808. The van der Waals surface area contributed by atoms with Crippen molar-refractivity contribution >= 4 is 23.3 Å². The van der Waals surface area contributed by atoms with Crippen LogP contribution in [0.5, 0.6) is 0 Å². The molecular formula is C17H19N7. The molecule has 7 heteroatoms. The molecule has 1 aromatic heterocycles. The molecule has 3 rings (SSSR count). The van der Waals surface area contributed by atoms with E-state index in [0.29, 0.717) is 17.6 Å². The average molecular weight is 321 g/mol. The fourth-order valence-electron chi connectivity index (χ4n) is 2.48. The van der Waals surface area contributed by atoms with Crippen LogP contribution < -0.4 is 27.9 Å². The second kappa shape index (κ2) is 6.95. The van der Waals surface area contributed by atoms with Crippen LogP contribution in [0.2, 0.25) is 0 Å². The van der Waals surface area contributed by atoms with E-state index >= 15 is 0 Å². The van der Waals surface area contributed by atoms with Gasteiger partial charge in [0.05, 0.1) is 5.56 Å². The number of hydrogen-bond acceptors (Lipinski definition) is 7. The first kappa shape index (κ1) is 15.7. The first-order valence-electron chi connectivity index (χ1n) is 7.46. The van der Waals surface area contributed by atoms with E-state index in [1.54, 1.807) is 0 Å². The smallest absolute Gasteiger partial charge is 0.231 e. The van der Waals surface area contributed by atoms with Crippen molar-refractivity contribution in [2.75, 3.05) is 16.2 Å². The van der Waals surface area contributed by atoms with Gasteiger partial charge in [-0.05, 0) is 30.2 Å². The molecule has 0 aliphatic heterocycles. The Morgan fingerprint density at radius 2 is 1.38 bits per heavy atom. The predicted molar refractivity (Wildman–Crippen MR) is 97.5 cm³/mol. The third-order valence-electron chi connectivity index (χ3n) is 3.63. The SMILES string of the molecule is Cc1ccccc1-c1c(NN)nc(Nc2ccccc2)nc1NN. The van der Waals surface area contributed by atoms with Gasteiger partial charge in [-0.15, -0.1) is 0 Å². The van der Waals surface area contributed by atoms with E-state index in [2.05, 4.69) is 26.1 Å². The molecule has 0 saturated heterocycles. The van der Waals surface area contributed by atoms with E-state index in [9.17, 15) is 0 Å². The van der Waals surface area contributed by atoms with Gasteiger partial charge in [0, 0.05) is 5.69 Å². The summed E-state index contributed by atoms with van der Waals surface area (Å²) in [7, 11) is 0. The molecule has 0 amide bonds. The van der Waals surface area contributed by atoms with Gasteiger partial charge in [0.1, 0.15) is 0 Å². The fraction of sp³-hybridized carbons (Fsp3) is 0.0588. The number of nitrogens with zero attached hydrogens (tertiary/aromatic N) is 2. The van der Waals surface area contributed by atoms with E-state index in [1.807, 2.05) is 61.5 Å². The molecule has 1 heterocycles. The minimum Gasteiger partial charge on any atom is -0.324 e. The lowest BCUT2D eigenvalue weighted by atomic mass is 10.0. The number of para-hydroxylation sites is 1. The van der Waals surface area contributed by atoms with Crippen LogP contribution in [0.3, 0.4) is 0 Å². The maximum atomic E-state index is 5.69. The van der Waals surface area contributed by atoms with Crippen molar-refractivity contribution in [2.45, 2.75) is 6.92 Å². The van der Waals surface area contributed by atoms with Crippen LogP contribution >= 0.6 is 0 Å².